The van der Waals surface area contributed by atoms with E-state index in [4.69, 9.17) is 4.74 Å². The molecule has 2 aromatic rings. The van der Waals surface area contributed by atoms with E-state index >= 15 is 0 Å². The zero-order valence-corrected chi connectivity index (χ0v) is 20.8. The van der Waals surface area contributed by atoms with E-state index in [0.717, 1.165) is 62.7 Å². The lowest BCUT2D eigenvalue weighted by Crippen LogP contribution is -2.46. The Bertz CT molecular complexity index is 1050. The summed E-state index contributed by atoms with van der Waals surface area (Å²) >= 11 is 0. The normalized spacial score (nSPS) is 22.6. The van der Waals surface area contributed by atoms with Crippen molar-refractivity contribution in [1.82, 2.24) is 20.2 Å². The van der Waals surface area contributed by atoms with Gasteiger partial charge in [0, 0.05) is 39.3 Å². The number of piperidine rings is 2. The minimum Gasteiger partial charge on any atom is -0.490 e. The van der Waals surface area contributed by atoms with Gasteiger partial charge in [-0.2, -0.15) is 0 Å². The summed E-state index contributed by atoms with van der Waals surface area (Å²) < 4.78 is 6.47. The Hall–Kier alpha value is -2.67. The zero-order valence-electron chi connectivity index (χ0n) is 20.8. The molecule has 7 heteroatoms. The van der Waals surface area contributed by atoms with Crippen molar-refractivity contribution in [2.45, 2.75) is 69.9 Å². The molecular formula is C28H37N5O2. The highest BCUT2D eigenvalue weighted by Gasteiger charge is 2.40. The fourth-order valence-corrected chi connectivity index (χ4v) is 6.49. The van der Waals surface area contributed by atoms with Crippen LogP contribution in [0, 0.1) is 5.41 Å². The van der Waals surface area contributed by atoms with E-state index in [1.165, 1.54) is 49.9 Å². The Labute approximate surface area is 208 Å². The Kier molecular flexibility index (Phi) is 6.13. The number of hydrogen-bond donors (Lipinski definition) is 1. The average molecular weight is 476 g/mol. The van der Waals surface area contributed by atoms with Crippen LogP contribution in [0.1, 0.15) is 66.7 Å². The summed E-state index contributed by atoms with van der Waals surface area (Å²) in [6, 6.07) is 7.71. The lowest BCUT2D eigenvalue weighted by atomic mass is 9.76. The summed E-state index contributed by atoms with van der Waals surface area (Å²) in [6.45, 7) is 4.39. The van der Waals surface area contributed by atoms with Gasteiger partial charge in [-0.05, 0) is 80.0 Å². The third kappa shape index (κ3) is 4.63. The molecule has 1 spiro atoms. The minimum absolute atomic E-state index is 0.220. The van der Waals surface area contributed by atoms with Crippen LogP contribution in [0.4, 0.5) is 5.69 Å². The van der Waals surface area contributed by atoms with E-state index in [1.807, 2.05) is 0 Å². The lowest BCUT2D eigenvalue weighted by molar-refractivity contribution is 0.0493. The first-order valence-electron chi connectivity index (χ1n) is 13.4. The Morgan fingerprint density at radius 1 is 1.00 bits per heavy atom. The monoisotopic (exact) mass is 475 g/mol. The van der Waals surface area contributed by atoms with Gasteiger partial charge in [-0.25, -0.2) is 9.97 Å². The van der Waals surface area contributed by atoms with Gasteiger partial charge < -0.3 is 19.9 Å². The summed E-state index contributed by atoms with van der Waals surface area (Å²) in [7, 11) is 1.59. The average Bonchev–Trinajstić information content (AvgIpc) is 3.21. The molecule has 2 aliphatic carbocycles. The quantitative estimate of drug-likeness (QED) is 0.712. The van der Waals surface area contributed by atoms with E-state index in [-0.39, 0.29) is 11.7 Å². The topological polar surface area (TPSA) is 70.6 Å². The third-order valence-electron chi connectivity index (χ3n) is 8.94. The van der Waals surface area contributed by atoms with Gasteiger partial charge in [0.1, 0.15) is 11.9 Å². The first-order valence-corrected chi connectivity index (χ1v) is 13.4. The molecule has 1 aromatic heterocycles. The van der Waals surface area contributed by atoms with Crippen LogP contribution in [0.15, 0.2) is 30.6 Å². The molecule has 2 aliphatic heterocycles. The Balaban J connectivity index is 1.03. The number of carbonyl (C=O) groups excluding carboxylic acids is 1. The molecule has 3 fully saturated rings. The number of amides is 1. The summed E-state index contributed by atoms with van der Waals surface area (Å²) in [5, 5.41) is 2.57. The maximum Gasteiger partial charge on any atom is 0.288 e. The molecule has 7 nitrogen and oxygen atoms in total. The number of carbonyl (C=O) groups is 1. The molecular weight excluding hydrogens is 438 g/mol. The van der Waals surface area contributed by atoms with Crippen LogP contribution in [0.5, 0.6) is 5.75 Å². The SMILES string of the molecule is CNC(=O)c1ncc(N2CCC3(CC2)Cc2ccc(OC4CCN(C5CCC5)CC4)cc2C3)cn1. The van der Waals surface area contributed by atoms with Crippen molar-refractivity contribution in [3.8, 4) is 5.75 Å². The highest BCUT2D eigenvalue weighted by Crippen LogP contribution is 2.46. The van der Waals surface area contributed by atoms with E-state index in [2.05, 4.69) is 43.3 Å². The predicted octanol–water partition coefficient (Wildman–Crippen LogP) is 3.62. The summed E-state index contributed by atoms with van der Waals surface area (Å²) in [5.41, 5.74) is 4.35. The van der Waals surface area contributed by atoms with Crippen molar-refractivity contribution >= 4 is 11.6 Å². The first kappa shape index (κ1) is 22.8. The molecule has 1 saturated carbocycles. The van der Waals surface area contributed by atoms with Crippen molar-refractivity contribution in [3.05, 3.63) is 47.5 Å². The number of nitrogens with zero attached hydrogens (tertiary/aromatic N) is 4. The number of hydrogen-bond acceptors (Lipinski definition) is 6. The lowest BCUT2D eigenvalue weighted by Gasteiger charge is -2.41. The van der Waals surface area contributed by atoms with Crippen LogP contribution in [0.2, 0.25) is 0 Å². The molecule has 3 heterocycles. The predicted molar refractivity (Wildman–Crippen MR) is 136 cm³/mol. The van der Waals surface area contributed by atoms with Crippen LogP contribution < -0.4 is 15.0 Å². The van der Waals surface area contributed by atoms with Gasteiger partial charge in [-0.1, -0.05) is 12.5 Å². The van der Waals surface area contributed by atoms with E-state index < -0.39 is 0 Å². The number of rotatable bonds is 5. The second kappa shape index (κ2) is 9.41. The highest BCUT2D eigenvalue weighted by molar-refractivity contribution is 5.90. The molecule has 1 aromatic carbocycles. The standard InChI is InChI=1S/C28H37N5O2/c1-29-27(34)26-30-18-23(19-31-26)33-13-9-28(10-14-33)16-20-5-6-25(15-21(20)17-28)35-24-7-11-32(12-8-24)22-3-2-4-22/h5-6,15,18-19,22,24H,2-4,7-14,16-17H2,1H3,(H,29,34). The second-order valence-corrected chi connectivity index (χ2v) is 11.1. The number of likely N-dealkylation sites (tertiary alicyclic amines) is 1. The number of ether oxygens (including phenoxy) is 1. The van der Waals surface area contributed by atoms with Gasteiger partial charge in [0.15, 0.2) is 0 Å². The van der Waals surface area contributed by atoms with Crippen LogP contribution >= 0.6 is 0 Å². The summed E-state index contributed by atoms with van der Waals surface area (Å²) in [6.07, 6.45) is 15.1. The largest absolute Gasteiger partial charge is 0.490 e. The third-order valence-corrected chi connectivity index (χ3v) is 8.94. The van der Waals surface area contributed by atoms with Gasteiger partial charge >= 0.3 is 0 Å². The van der Waals surface area contributed by atoms with Gasteiger partial charge in [0.25, 0.3) is 5.91 Å². The van der Waals surface area contributed by atoms with Crippen molar-refractivity contribution < 1.29 is 9.53 Å². The molecule has 4 aliphatic rings. The Morgan fingerprint density at radius 2 is 1.71 bits per heavy atom. The Morgan fingerprint density at radius 3 is 2.37 bits per heavy atom. The molecule has 2 saturated heterocycles. The molecule has 0 unspecified atom stereocenters. The molecule has 1 N–H and O–H groups in total. The smallest absolute Gasteiger partial charge is 0.288 e. The molecule has 35 heavy (non-hydrogen) atoms. The van der Waals surface area contributed by atoms with Crippen LogP contribution in [-0.4, -0.2) is 66.1 Å². The minimum atomic E-state index is -0.250. The summed E-state index contributed by atoms with van der Waals surface area (Å²) in [4.78, 5) is 25.2. The highest BCUT2D eigenvalue weighted by atomic mass is 16.5. The number of nitrogens with one attached hydrogen (secondary N) is 1. The molecule has 0 atom stereocenters. The number of aromatic nitrogens is 2. The number of benzene rings is 1. The van der Waals surface area contributed by atoms with E-state index in [9.17, 15) is 4.79 Å². The van der Waals surface area contributed by atoms with E-state index in [1.54, 1.807) is 19.4 Å². The van der Waals surface area contributed by atoms with Gasteiger partial charge in [0.05, 0.1) is 18.1 Å². The van der Waals surface area contributed by atoms with Crippen molar-refractivity contribution in [1.29, 1.82) is 0 Å². The molecule has 6 rings (SSSR count). The molecule has 186 valence electrons. The van der Waals surface area contributed by atoms with Gasteiger partial charge in [0.2, 0.25) is 5.82 Å². The maximum absolute atomic E-state index is 11.7. The van der Waals surface area contributed by atoms with E-state index in [0.29, 0.717) is 11.5 Å². The van der Waals surface area contributed by atoms with Crippen LogP contribution in [0.3, 0.4) is 0 Å². The van der Waals surface area contributed by atoms with Crippen LogP contribution in [0.25, 0.3) is 0 Å². The molecule has 0 radical (unpaired) electrons. The zero-order chi connectivity index (χ0) is 23.8. The first-order chi connectivity index (χ1) is 17.1. The van der Waals surface area contributed by atoms with Gasteiger partial charge in [-0.15, -0.1) is 0 Å². The molecule has 1 amide bonds. The van der Waals surface area contributed by atoms with Crippen molar-refractivity contribution in [2.75, 3.05) is 38.1 Å². The second-order valence-electron chi connectivity index (χ2n) is 11.1. The maximum atomic E-state index is 11.7. The van der Waals surface area contributed by atoms with Gasteiger partial charge in [-0.3, -0.25) is 4.79 Å². The fourth-order valence-electron chi connectivity index (χ4n) is 6.49. The number of anilines is 1. The molecule has 0 bridgehead atoms. The summed E-state index contributed by atoms with van der Waals surface area (Å²) in [5.74, 6) is 1.03. The van der Waals surface area contributed by atoms with Crippen LogP contribution in [-0.2, 0) is 12.8 Å². The van der Waals surface area contributed by atoms with Crippen molar-refractivity contribution in [2.24, 2.45) is 5.41 Å². The number of fused-ring (bicyclic) bond motifs is 1. The van der Waals surface area contributed by atoms with Crippen molar-refractivity contribution in [3.63, 3.8) is 0 Å². The fraction of sp³-hybridized carbons (Fsp3) is 0.607.